The second-order valence-corrected chi connectivity index (χ2v) is 6.24. The molecule has 2 aromatic rings. The highest BCUT2D eigenvalue weighted by Crippen LogP contribution is 2.22. The average Bonchev–Trinajstić information content (AvgIpc) is 2.67. The summed E-state index contributed by atoms with van der Waals surface area (Å²) in [7, 11) is 0. The van der Waals surface area contributed by atoms with Gasteiger partial charge in [-0.25, -0.2) is 9.97 Å². The van der Waals surface area contributed by atoms with Crippen molar-refractivity contribution in [2.45, 2.75) is 32.6 Å². The van der Waals surface area contributed by atoms with Gasteiger partial charge in [-0.05, 0) is 56.0 Å². The van der Waals surface area contributed by atoms with Crippen molar-refractivity contribution in [3.8, 4) is 0 Å². The summed E-state index contributed by atoms with van der Waals surface area (Å²) in [4.78, 5) is 22.9. The van der Waals surface area contributed by atoms with Crippen LogP contribution >= 0.6 is 0 Å². The minimum Gasteiger partial charge on any atom is -0.372 e. The van der Waals surface area contributed by atoms with Gasteiger partial charge in [-0.1, -0.05) is 6.92 Å². The zero-order valence-electron chi connectivity index (χ0n) is 14.7. The number of carbonyl (C=O) groups is 1. The highest BCUT2D eigenvalue weighted by Gasteiger charge is 2.11. The van der Waals surface area contributed by atoms with Crippen LogP contribution < -0.4 is 15.5 Å². The van der Waals surface area contributed by atoms with Gasteiger partial charge in [0.25, 0.3) is 5.91 Å². The van der Waals surface area contributed by atoms with Gasteiger partial charge in [-0.3, -0.25) is 4.79 Å². The molecule has 1 aliphatic heterocycles. The summed E-state index contributed by atoms with van der Waals surface area (Å²) in [6.45, 7) is 4.92. The van der Waals surface area contributed by atoms with Crippen molar-refractivity contribution in [3.05, 3.63) is 42.2 Å². The molecule has 6 heteroatoms. The lowest BCUT2D eigenvalue weighted by molar-refractivity contribution is 0.0948. The third-order valence-corrected chi connectivity index (χ3v) is 4.27. The SMILES string of the molecule is CCCNC(=O)c1ccnc(Nc2ccc(N3CCCCC3)cc2)n1. The lowest BCUT2D eigenvalue weighted by Gasteiger charge is -2.28. The summed E-state index contributed by atoms with van der Waals surface area (Å²) in [5.41, 5.74) is 2.53. The number of aromatic nitrogens is 2. The molecule has 0 bridgehead atoms. The van der Waals surface area contributed by atoms with Crippen molar-refractivity contribution in [2.24, 2.45) is 0 Å². The molecule has 1 fully saturated rings. The molecule has 0 spiro atoms. The molecule has 2 N–H and O–H groups in total. The van der Waals surface area contributed by atoms with Crippen molar-refractivity contribution in [1.29, 1.82) is 0 Å². The summed E-state index contributed by atoms with van der Waals surface area (Å²) in [5, 5.41) is 5.99. The highest BCUT2D eigenvalue weighted by atomic mass is 16.1. The van der Waals surface area contributed by atoms with Crippen molar-refractivity contribution >= 4 is 23.2 Å². The van der Waals surface area contributed by atoms with Crippen LogP contribution in [0.15, 0.2) is 36.5 Å². The van der Waals surface area contributed by atoms with Gasteiger partial charge in [-0.15, -0.1) is 0 Å². The van der Waals surface area contributed by atoms with Crippen LogP contribution in [0.5, 0.6) is 0 Å². The van der Waals surface area contributed by atoms with Crippen molar-refractivity contribution in [1.82, 2.24) is 15.3 Å². The molecule has 0 aliphatic carbocycles. The quantitative estimate of drug-likeness (QED) is 0.844. The highest BCUT2D eigenvalue weighted by molar-refractivity contribution is 5.92. The van der Waals surface area contributed by atoms with Crippen LogP contribution in [0.3, 0.4) is 0 Å². The predicted molar refractivity (Wildman–Crippen MR) is 100 cm³/mol. The Labute approximate surface area is 148 Å². The van der Waals surface area contributed by atoms with Gasteiger partial charge in [0.15, 0.2) is 0 Å². The zero-order valence-corrected chi connectivity index (χ0v) is 14.7. The maximum atomic E-state index is 12.0. The molecule has 0 saturated carbocycles. The number of benzene rings is 1. The lowest BCUT2D eigenvalue weighted by Crippen LogP contribution is -2.29. The molecular formula is C19H25N5O. The Morgan fingerprint density at radius 1 is 1.12 bits per heavy atom. The molecule has 1 saturated heterocycles. The van der Waals surface area contributed by atoms with Gasteiger partial charge in [0.1, 0.15) is 5.69 Å². The van der Waals surface area contributed by atoms with E-state index in [1.54, 1.807) is 12.3 Å². The van der Waals surface area contributed by atoms with Gasteiger partial charge < -0.3 is 15.5 Å². The van der Waals surface area contributed by atoms with Crippen molar-refractivity contribution in [3.63, 3.8) is 0 Å². The van der Waals surface area contributed by atoms with Crippen LogP contribution in [0.1, 0.15) is 43.1 Å². The second kappa shape index (κ2) is 8.46. The van der Waals surface area contributed by atoms with Crippen LogP contribution in [0.4, 0.5) is 17.3 Å². The van der Waals surface area contributed by atoms with Crippen molar-refractivity contribution in [2.75, 3.05) is 29.9 Å². The first-order valence-corrected chi connectivity index (χ1v) is 8.99. The molecule has 1 aromatic carbocycles. The number of anilines is 3. The molecule has 0 radical (unpaired) electrons. The number of nitrogens with zero attached hydrogens (tertiary/aromatic N) is 3. The predicted octanol–water partition coefficient (Wildman–Crippen LogP) is 3.35. The Balaban J connectivity index is 1.64. The van der Waals surface area contributed by atoms with E-state index < -0.39 is 0 Å². The molecule has 6 nitrogen and oxygen atoms in total. The van der Waals surface area contributed by atoms with Crippen molar-refractivity contribution < 1.29 is 4.79 Å². The third kappa shape index (κ3) is 4.68. The first-order chi connectivity index (χ1) is 12.3. The van der Waals surface area contributed by atoms with Crippen LogP contribution in [0, 0.1) is 0 Å². The van der Waals surface area contributed by atoms with Crippen LogP contribution in [-0.4, -0.2) is 35.5 Å². The normalized spacial score (nSPS) is 14.2. The maximum absolute atomic E-state index is 12.0. The Morgan fingerprint density at radius 2 is 1.88 bits per heavy atom. The fourth-order valence-corrected chi connectivity index (χ4v) is 2.91. The molecule has 1 amide bonds. The summed E-state index contributed by atoms with van der Waals surface area (Å²) in [6, 6.07) is 9.90. The number of hydrogen-bond acceptors (Lipinski definition) is 5. The van der Waals surface area contributed by atoms with E-state index >= 15 is 0 Å². The largest absolute Gasteiger partial charge is 0.372 e. The summed E-state index contributed by atoms with van der Waals surface area (Å²) < 4.78 is 0. The van der Waals surface area contributed by atoms with Gasteiger partial charge in [0, 0.05) is 37.2 Å². The third-order valence-electron chi connectivity index (χ3n) is 4.27. The van der Waals surface area contributed by atoms with E-state index in [-0.39, 0.29) is 5.91 Å². The fourth-order valence-electron chi connectivity index (χ4n) is 2.91. The summed E-state index contributed by atoms with van der Waals surface area (Å²) in [6.07, 6.45) is 6.35. The second-order valence-electron chi connectivity index (χ2n) is 6.24. The first-order valence-electron chi connectivity index (χ1n) is 8.99. The van der Waals surface area contributed by atoms with Gasteiger partial charge in [0.05, 0.1) is 0 Å². The fraction of sp³-hybridized carbons (Fsp3) is 0.421. The number of carbonyl (C=O) groups excluding carboxylic acids is 1. The lowest BCUT2D eigenvalue weighted by atomic mass is 10.1. The average molecular weight is 339 g/mol. The minimum atomic E-state index is -0.173. The standard InChI is InChI=1S/C19H25N5O/c1-2-11-20-18(25)17-10-12-21-19(23-17)22-15-6-8-16(9-7-15)24-13-4-3-5-14-24/h6-10,12H,2-5,11,13-14H2,1H3,(H,20,25)(H,21,22,23). The Morgan fingerprint density at radius 3 is 2.60 bits per heavy atom. The molecule has 3 rings (SSSR count). The van der Waals surface area contributed by atoms with Crippen LogP contribution in [0.25, 0.3) is 0 Å². The monoisotopic (exact) mass is 339 g/mol. The molecule has 0 unspecified atom stereocenters. The topological polar surface area (TPSA) is 70.2 Å². The van der Waals surface area contributed by atoms with Crippen LogP contribution in [-0.2, 0) is 0 Å². The zero-order chi connectivity index (χ0) is 17.5. The van der Waals surface area contributed by atoms with Crippen LogP contribution in [0.2, 0.25) is 0 Å². The van der Waals surface area contributed by atoms with E-state index in [0.717, 1.165) is 25.2 Å². The molecule has 2 heterocycles. The Hall–Kier alpha value is -2.63. The smallest absolute Gasteiger partial charge is 0.270 e. The molecule has 0 atom stereocenters. The first kappa shape index (κ1) is 17.2. The van der Waals surface area contributed by atoms with E-state index in [4.69, 9.17) is 0 Å². The number of nitrogens with one attached hydrogen (secondary N) is 2. The minimum absolute atomic E-state index is 0.173. The Kier molecular flexibility index (Phi) is 5.82. The molecule has 132 valence electrons. The van der Waals surface area contributed by atoms with Gasteiger partial charge in [0.2, 0.25) is 5.95 Å². The molecule has 25 heavy (non-hydrogen) atoms. The van der Waals surface area contributed by atoms with E-state index in [1.807, 2.05) is 19.1 Å². The molecule has 1 aromatic heterocycles. The number of rotatable bonds is 6. The van der Waals surface area contributed by atoms with E-state index in [9.17, 15) is 4.79 Å². The number of piperidine rings is 1. The Bertz CT molecular complexity index is 695. The summed E-state index contributed by atoms with van der Waals surface area (Å²) in [5.74, 6) is 0.252. The molecule has 1 aliphatic rings. The summed E-state index contributed by atoms with van der Waals surface area (Å²) >= 11 is 0. The van der Waals surface area contributed by atoms with E-state index in [1.165, 1.54) is 24.9 Å². The maximum Gasteiger partial charge on any atom is 0.270 e. The van der Waals surface area contributed by atoms with E-state index in [2.05, 4.69) is 37.6 Å². The number of amides is 1. The van der Waals surface area contributed by atoms with E-state index in [0.29, 0.717) is 18.2 Å². The number of hydrogen-bond donors (Lipinski definition) is 2. The molecular weight excluding hydrogens is 314 g/mol. The van der Waals surface area contributed by atoms with Gasteiger partial charge in [-0.2, -0.15) is 0 Å². The van der Waals surface area contributed by atoms with Gasteiger partial charge >= 0.3 is 0 Å².